The minimum absolute atomic E-state index is 0.120. The first-order chi connectivity index (χ1) is 11.9. The number of benzene rings is 2. The van der Waals surface area contributed by atoms with Crippen molar-refractivity contribution in [2.45, 2.75) is 13.0 Å². The molecule has 1 aliphatic rings. The molecule has 0 unspecified atom stereocenters. The Labute approximate surface area is 152 Å². The van der Waals surface area contributed by atoms with Crippen LogP contribution in [0.25, 0.3) is 0 Å². The molecule has 0 spiro atoms. The van der Waals surface area contributed by atoms with Gasteiger partial charge >= 0.3 is 0 Å². The fraction of sp³-hybridized carbons (Fsp3) is 0.278. The number of anilines is 1. The van der Waals surface area contributed by atoms with E-state index in [2.05, 4.69) is 0 Å². The maximum absolute atomic E-state index is 12.5. The Morgan fingerprint density at radius 1 is 1.12 bits per heavy atom. The van der Waals surface area contributed by atoms with Gasteiger partial charge in [-0.25, -0.2) is 8.42 Å². The fourth-order valence-corrected chi connectivity index (χ4v) is 4.55. The third-order valence-electron chi connectivity index (χ3n) is 4.18. The molecule has 0 atom stereocenters. The Morgan fingerprint density at radius 2 is 1.76 bits per heavy atom. The number of rotatable bonds is 4. The van der Waals surface area contributed by atoms with E-state index in [9.17, 15) is 13.2 Å². The van der Waals surface area contributed by atoms with Gasteiger partial charge in [-0.15, -0.1) is 0 Å². The lowest BCUT2D eigenvalue weighted by Crippen LogP contribution is -2.27. The Bertz CT molecular complexity index is 864. The van der Waals surface area contributed by atoms with Crippen molar-refractivity contribution in [3.05, 3.63) is 64.7 Å². The van der Waals surface area contributed by atoms with E-state index in [1.165, 1.54) is 4.31 Å². The van der Waals surface area contributed by atoms with E-state index in [1.807, 2.05) is 12.1 Å². The number of nitrogens with zero attached hydrogens (tertiary/aromatic N) is 2. The van der Waals surface area contributed by atoms with Crippen molar-refractivity contribution in [1.29, 1.82) is 0 Å². The van der Waals surface area contributed by atoms with Gasteiger partial charge in [-0.1, -0.05) is 23.7 Å². The van der Waals surface area contributed by atoms with Gasteiger partial charge in [0.25, 0.3) is 5.91 Å². The van der Waals surface area contributed by atoms with Gasteiger partial charge in [-0.2, -0.15) is 0 Å². The van der Waals surface area contributed by atoms with Gasteiger partial charge in [-0.3, -0.25) is 9.10 Å². The minimum Gasteiger partial charge on any atom is -0.337 e. The second kappa shape index (κ2) is 7.06. The summed E-state index contributed by atoms with van der Waals surface area (Å²) in [5, 5.41) is 0.658. The Morgan fingerprint density at radius 3 is 2.32 bits per heavy atom. The smallest absolute Gasteiger partial charge is 0.253 e. The van der Waals surface area contributed by atoms with Crippen LogP contribution in [0.15, 0.2) is 48.5 Å². The second-order valence-corrected chi connectivity index (χ2v) is 8.53. The molecule has 1 saturated heterocycles. The molecule has 3 rings (SSSR count). The molecule has 0 aromatic heterocycles. The minimum atomic E-state index is -3.21. The molecule has 2 aromatic carbocycles. The first kappa shape index (κ1) is 17.8. The molecule has 25 heavy (non-hydrogen) atoms. The van der Waals surface area contributed by atoms with Crippen LogP contribution >= 0.6 is 11.6 Å². The van der Waals surface area contributed by atoms with Crippen molar-refractivity contribution in [3.8, 4) is 0 Å². The maximum Gasteiger partial charge on any atom is 0.253 e. The molecule has 2 aromatic rings. The topological polar surface area (TPSA) is 57.7 Å². The van der Waals surface area contributed by atoms with Crippen LogP contribution in [0, 0.1) is 0 Å². The zero-order chi connectivity index (χ0) is 18.0. The number of hydrogen-bond donors (Lipinski definition) is 0. The first-order valence-corrected chi connectivity index (χ1v) is 9.96. The molecule has 0 bridgehead atoms. The maximum atomic E-state index is 12.5. The molecule has 0 radical (unpaired) electrons. The number of carbonyl (C=O) groups is 1. The van der Waals surface area contributed by atoms with Crippen LogP contribution < -0.4 is 4.31 Å². The number of carbonyl (C=O) groups excluding carboxylic acids is 1. The fourth-order valence-electron chi connectivity index (χ4n) is 2.86. The summed E-state index contributed by atoms with van der Waals surface area (Å²) in [6.45, 7) is 0.963. The normalized spacial score (nSPS) is 16.0. The van der Waals surface area contributed by atoms with E-state index in [0.717, 1.165) is 5.56 Å². The van der Waals surface area contributed by atoms with Crippen molar-refractivity contribution < 1.29 is 13.2 Å². The summed E-state index contributed by atoms with van der Waals surface area (Å²) >= 11 is 5.87. The molecular weight excluding hydrogens is 360 g/mol. The summed E-state index contributed by atoms with van der Waals surface area (Å²) in [5.41, 5.74) is 2.12. The molecule has 0 aliphatic carbocycles. The zero-order valence-electron chi connectivity index (χ0n) is 13.9. The van der Waals surface area contributed by atoms with Gasteiger partial charge in [0.2, 0.25) is 10.0 Å². The largest absolute Gasteiger partial charge is 0.337 e. The predicted octanol–water partition coefficient (Wildman–Crippen LogP) is 3.15. The average Bonchev–Trinajstić information content (AvgIpc) is 2.95. The SMILES string of the molecule is CN(Cc1ccc(Cl)cc1)C(=O)c1ccc(N2CCCS2(=O)=O)cc1. The van der Waals surface area contributed by atoms with E-state index < -0.39 is 10.0 Å². The quantitative estimate of drug-likeness (QED) is 0.821. The molecule has 1 amide bonds. The zero-order valence-corrected chi connectivity index (χ0v) is 15.4. The van der Waals surface area contributed by atoms with Gasteiger partial charge in [0, 0.05) is 30.7 Å². The number of hydrogen-bond acceptors (Lipinski definition) is 3. The number of halogens is 1. The highest BCUT2D eigenvalue weighted by molar-refractivity contribution is 7.93. The number of amides is 1. The molecule has 1 fully saturated rings. The van der Waals surface area contributed by atoms with E-state index >= 15 is 0 Å². The van der Waals surface area contributed by atoms with Crippen molar-refractivity contribution in [3.63, 3.8) is 0 Å². The molecule has 5 nitrogen and oxygen atoms in total. The van der Waals surface area contributed by atoms with Gasteiger partial charge in [0.1, 0.15) is 0 Å². The summed E-state index contributed by atoms with van der Waals surface area (Å²) in [7, 11) is -1.47. The third kappa shape index (κ3) is 3.96. The molecule has 132 valence electrons. The van der Waals surface area contributed by atoms with E-state index in [4.69, 9.17) is 11.6 Å². The summed E-state index contributed by atoms with van der Waals surface area (Å²) in [6, 6.07) is 14.1. The molecule has 0 saturated carbocycles. The number of sulfonamides is 1. The average molecular weight is 379 g/mol. The van der Waals surface area contributed by atoms with Crippen LogP contribution in [0.2, 0.25) is 5.02 Å². The van der Waals surface area contributed by atoms with Gasteiger partial charge in [0.05, 0.1) is 11.4 Å². The Hall–Kier alpha value is -2.05. The van der Waals surface area contributed by atoms with E-state index in [0.29, 0.717) is 35.8 Å². The second-order valence-electron chi connectivity index (χ2n) is 6.08. The summed E-state index contributed by atoms with van der Waals surface area (Å²) < 4.78 is 25.3. The summed E-state index contributed by atoms with van der Waals surface area (Å²) in [5.74, 6) is 0.0584. The summed E-state index contributed by atoms with van der Waals surface area (Å²) in [6.07, 6.45) is 0.632. The molecule has 1 aliphatic heterocycles. The lowest BCUT2D eigenvalue weighted by molar-refractivity contribution is 0.0785. The molecule has 1 heterocycles. The first-order valence-electron chi connectivity index (χ1n) is 7.97. The van der Waals surface area contributed by atoms with Crippen LogP contribution in [-0.4, -0.2) is 38.6 Å². The van der Waals surface area contributed by atoms with E-state index in [1.54, 1.807) is 48.3 Å². The van der Waals surface area contributed by atoms with Gasteiger partial charge in [0.15, 0.2) is 0 Å². The van der Waals surface area contributed by atoms with Crippen LogP contribution in [0.1, 0.15) is 22.3 Å². The monoisotopic (exact) mass is 378 g/mol. The van der Waals surface area contributed by atoms with Crippen molar-refractivity contribution in [1.82, 2.24) is 4.90 Å². The lowest BCUT2D eigenvalue weighted by atomic mass is 10.1. The van der Waals surface area contributed by atoms with Gasteiger partial charge < -0.3 is 4.90 Å². The van der Waals surface area contributed by atoms with Crippen molar-refractivity contribution in [2.24, 2.45) is 0 Å². The predicted molar refractivity (Wildman–Crippen MR) is 99.4 cm³/mol. The molecule has 0 N–H and O–H groups in total. The van der Waals surface area contributed by atoms with Crippen molar-refractivity contribution >= 4 is 33.2 Å². The van der Waals surface area contributed by atoms with Crippen LogP contribution in [0.5, 0.6) is 0 Å². The van der Waals surface area contributed by atoms with Crippen LogP contribution in [0.4, 0.5) is 5.69 Å². The highest BCUT2D eigenvalue weighted by atomic mass is 35.5. The van der Waals surface area contributed by atoms with Crippen molar-refractivity contribution in [2.75, 3.05) is 23.7 Å². The Kier molecular flexibility index (Phi) is 5.01. The van der Waals surface area contributed by atoms with E-state index in [-0.39, 0.29) is 11.7 Å². The molecular formula is C18H19ClN2O3S. The third-order valence-corrected chi connectivity index (χ3v) is 6.30. The molecule has 7 heteroatoms. The Balaban J connectivity index is 1.71. The standard InChI is InChI=1S/C18H19ClN2O3S/c1-20(13-14-3-7-16(19)8-4-14)18(22)15-5-9-17(10-6-15)21-11-2-12-25(21,23)24/h3-10H,2,11-13H2,1H3. The lowest BCUT2D eigenvalue weighted by Gasteiger charge is -2.19. The van der Waals surface area contributed by atoms with Crippen LogP contribution in [-0.2, 0) is 16.6 Å². The summed E-state index contributed by atoms with van der Waals surface area (Å²) in [4.78, 5) is 14.2. The highest BCUT2D eigenvalue weighted by Gasteiger charge is 2.28. The highest BCUT2D eigenvalue weighted by Crippen LogP contribution is 2.24. The van der Waals surface area contributed by atoms with Gasteiger partial charge in [-0.05, 0) is 48.4 Å². The van der Waals surface area contributed by atoms with Crippen LogP contribution in [0.3, 0.4) is 0 Å².